The van der Waals surface area contributed by atoms with Gasteiger partial charge in [-0.2, -0.15) is 0 Å². The zero-order chi connectivity index (χ0) is 10.3. The third kappa shape index (κ3) is 1.29. The number of imidazole rings is 1. The lowest BCUT2D eigenvalue weighted by atomic mass is 10.1. The van der Waals surface area contributed by atoms with Gasteiger partial charge in [0, 0.05) is 6.54 Å². The van der Waals surface area contributed by atoms with Crippen molar-refractivity contribution >= 4 is 0 Å². The summed E-state index contributed by atoms with van der Waals surface area (Å²) in [6, 6.07) is 3.73. The summed E-state index contributed by atoms with van der Waals surface area (Å²) in [5, 5.41) is 9.78. The Balaban J connectivity index is 2.11. The first-order chi connectivity index (χ1) is 7.36. The Morgan fingerprint density at radius 1 is 1.53 bits per heavy atom. The first-order valence-electron chi connectivity index (χ1n) is 5.13. The first kappa shape index (κ1) is 8.73. The average Bonchev–Trinajstić information content (AvgIpc) is 2.85. The monoisotopic (exact) mass is 204 g/mol. The predicted molar refractivity (Wildman–Crippen MR) is 54.1 cm³/mol. The Kier molecular flexibility index (Phi) is 1.89. The number of hydrogen-bond acceptors (Lipinski definition) is 3. The Hall–Kier alpha value is -1.55. The van der Waals surface area contributed by atoms with Crippen LogP contribution in [0.4, 0.5) is 0 Å². The summed E-state index contributed by atoms with van der Waals surface area (Å²) in [7, 11) is 0. The third-order valence-corrected chi connectivity index (χ3v) is 2.83. The molecule has 78 valence electrons. The SMILES string of the molecule is OC1CCCn2c1cnc2-c1ccco1. The van der Waals surface area contributed by atoms with E-state index in [2.05, 4.69) is 4.98 Å². The van der Waals surface area contributed by atoms with Gasteiger partial charge < -0.3 is 14.1 Å². The second-order valence-corrected chi connectivity index (χ2v) is 3.79. The van der Waals surface area contributed by atoms with Crippen molar-refractivity contribution in [2.24, 2.45) is 0 Å². The van der Waals surface area contributed by atoms with Gasteiger partial charge in [-0.3, -0.25) is 0 Å². The Bertz CT molecular complexity index is 459. The quantitative estimate of drug-likeness (QED) is 0.772. The summed E-state index contributed by atoms with van der Waals surface area (Å²) in [4.78, 5) is 4.30. The van der Waals surface area contributed by atoms with Crippen molar-refractivity contribution in [2.45, 2.75) is 25.5 Å². The number of furan rings is 1. The lowest BCUT2D eigenvalue weighted by Crippen LogP contribution is -2.15. The second-order valence-electron chi connectivity index (χ2n) is 3.79. The van der Waals surface area contributed by atoms with Crippen LogP contribution in [0.2, 0.25) is 0 Å². The average molecular weight is 204 g/mol. The maximum atomic E-state index is 9.78. The van der Waals surface area contributed by atoms with E-state index in [0.717, 1.165) is 36.7 Å². The van der Waals surface area contributed by atoms with Gasteiger partial charge >= 0.3 is 0 Å². The molecule has 2 aromatic heterocycles. The molecule has 3 rings (SSSR count). The van der Waals surface area contributed by atoms with Crippen molar-refractivity contribution in [2.75, 3.05) is 0 Å². The summed E-state index contributed by atoms with van der Waals surface area (Å²) in [6.07, 6.45) is 4.80. The van der Waals surface area contributed by atoms with Crippen LogP contribution < -0.4 is 0 Å². The molecule has 3 heterocycles. The summed E-state index contributed by atoms with van der Waals surface area (Å²) in [5.41, 5.74) is 0.896. The highest BCUT2D eigenvalue weighted by molar-refractivity contribution is 5.48. The number of aliphatic hydroxyl groups excluding tert-OH is 1. The molecule has 0 saturated carbocycles. The molecule has 0 radical (unpaired) electrons. The van der Waals surface area contributed by atoms with Gasteiger partial charge in [-0.1, -0.05) is 0 Å². The number of nitrogens with zero attached hydrogens (tertiary/aromatic N) is 2. The van der Waals surface area contributed by atoms with Crippen molar-refractivity contribution in [1.82, 2.24) is 9.55 Å². The minimum atomic E-state index is -0.380. The molecule has 1 unspecified atom stereocenters. The van der Waals surface area contributed by atoms with Crippen LogP contribution in [-0.4, -0.2) is 14.7 Å². The van der Waals surface area contributed by atoms with Crippen LogP contribution in [0.25, 0.3) is 11.6 Å². The zero-order valence-electron chi connectivity index (χ0n) is 8.26. The van der Waals surface area contributed by atoms with E-state index in [4.69, 9.17) is 4.42 Å². The molecule has 0 aliphatic carbocycles. The highest BCUT2D eigenvalue weighted by Gasteiger charge is 2.22. The van der Waals surface area contributed by atoms with Crippen molar-refractivity contribution < 1.29 is 9.52 Å². The molecule has 15 heavy (non-hydrogen) atoms. The number of fused-ring (bicyclic) bond motifs is 1. The van der Waals surface area contributed by atoms with Crippen LogP contribution in [0, 0.1) is 0 Å². The van der Waals surface area contributed by atoms with E-state index in [1.165, 1.54) is 0 Å². The Labute approximate surface area is 87.2 Å². The smallest absolute Gasteiger partial charge is 0.176 e. The van der Waals surface area contributed by atoms with E-state index in [9.17, 15) is 5.11 Å². The molecular formula is C11H12N2O2. The molecule has 0 spiro atoms. The minimum absolute atomic E-state index is 0.380. The van der Waals surface area contributed by atoms with E-state index >= 15 is 0 Å². The largest absolute Gasteiger partial charge is 0.461 e. The normalized spacial score (nSPS) is 20.2. The van der Waals surface area contributed by atoms with Crippen LogP contribution in [0.5, 0.6) is 0 Å². The van der Waals surface area contributed by atoms with E-state index in [1.54, 1.807) is 12.5 Å². The molecule has 1 aliphatic rings. The Morgan fingerprint density at radius 2 is 2.47 bits per heavy atom. The zero-order valence-corrected chi connectivity index (χ0v) is 8.26. The van der Waals surface area contributed by atoms with Gasteiger partial charge in [0.15, 0.2) is 11.6 Å². The molecule has 4 heteroatoms. The number of rotatable bonds is 1. The second kappa shape index (κ2) is 3.24. The van der Waals surface area contributed by atoms with Crippen LogP contribution in [-0.2, 0) is 6.54 Å². The fraction of sp³-hybridized carbons (Fsp3) is 0.364. The lowest BCUT2D eigenvalue weighted by molar-refractivity contribution is 0.139. The third-order valence-electron chi connectivity index (χ3n) is 2.83. The van der Waals surface area contributed by atoms with Crippen molar-refractivity contribution in [3.05, 3.63) is 30.3 Å². The maximum Gasteiger partial charge on any atom is 0.176 e. The van der Waals surface area contributed by atoms with Gasteiger partial charge in [-0.25, -0.2) is 4.98 Å². The van der Waals surface area contributed by atoms with Gasteiger partial charge in [-0.15, -0.1) is 0 Å². The van der Waals surface area contributed by atoms with Gasteiger partial charge in [0.1, 0.15) is 0 Å². The summed E-state index contributed by atoms with van der Waals surface area (Å²) in [6.45, 7) is 0.905. The van der Waals surface area contributed by atoms with Crippen LogP contribution >= 0.6 is 0 Å². The molecule has 1 aliphatic heterocycles. The highest BCUT2D eigenvalue weighted by Crippen LogP contribution is 2.29. The summed E-state index contributed by atoms with van der Waals surface area (Å²) >= 11 is 0. The number of aromatic nitrogens is 2. The standard InChI is InChI=1S/C11H12N2O2/c14-9-3-1-5-13-8(9)7-12-11(13)10-4-2-6-15-10/h2,4,6-7,9,14H,1,3,5H2. The van der Waals surface area contributed by atoms with E-state index in [1.807, 2.05) is 16.7 Å². The molecule has 0 amide bonds. The van der Waals surface area contributed by atoms with Crippen LogP contribution in [0.3, 0.4) is 0 Å². The molecule has 0 fully saturated rings. The molecule has 1 N–H and O–H groups in total. The topological polar surface area (TPSA) is 51.2 Å². The molecule has 0 bridgehead atoms. The van der Waals surface area contributed by atoms with Crippen LogP contribution in [0.1, 0.15) is 24.6 Å². The molecular weight excluding hydrogens is 192 g/mol. The minimum Gasteiger partial charge on any atom is -0.461 e. The van der Waals surface area contributed by atoms with Gasteiger partial charge in [0.25, 0.3) is 0 Å². The maximum absolute atomic E-state index is 9.78. The first-order valence-corrected chi connectivity index (χ1v) is 5.13. The fourth-order valence-electron chi connectivity index (χ4n) is 2.08. The van der Waals surface area contributed by atoms with Gasteiger partial charge in [-0.05, 0) is 25.0 Å². The predicted octanol–water partition coefficient (Wildman–Crippen LogP) is 1.97. The fourth-order valence-corrected chi connectivity index (χ4v) is 2.08. The van der Waals surface area contributed by atoms with Crippen LogP contribution in [0.15, 0.2) is 29.0 Å². The Morgan fingerprint density at radius 3 is 3.27 bits per heavy atom. The lowest BCUT2D eigenvalue weighted by Gasteiger charge is -2.20. The summed E-state index contributed by atoms with van der Waals surface area (Å²) < 4.78 is 7.35. The van der Waals surface area contributed by atoms with Crippen molar-refractivity contribution in [3.8, 4) is 11.6 Å². The van der Waals surface area contributed by atoms with Gasteiger partial charge in [0.2, 0.25) is 0 Å². The van der Waals surface area contributed by atoms with E-state index < -0.39 is 0 Å². The molecule has 4 nitrogen and oxygen atoms in total. The highest BCUT2D eigenvalue weighted by atomic mass is 16.3. The molecule has 1 atom stereocenters. The summed E-state index contributed by atoms with van der Waals surface area (Å²) in [5.74, 6) is 1.57. The van der Waals surface area contributed by atoms with Crippen molar-refractivity contribution in [1.29, 1.82) is 0 Å². The molecule has 0 aromatic carbocycles. The van der Waals surface area contributed by atoms with Gasteiger partial charge in [0.05, 0.1) is 24.3 Å². The van der Waals surface area contributed by atoms with Crippen molar-refractivity contribution in [3.63, 3.8) is 0 Å². The molecule has 2 aromatic rings. The van der Waals surface area contributed by atoms with E-state index in [-0.39, 0.29) is 6.10 Å². The van der Waals surface area contributed by atoms with E-state index in [0.29, 0.717) is 0 Å². The molecule has 0 saturated heterocycles. The number of hydrogen-bond donors (Lipinski definition) is 1. The number of aliphatic hydroxyl groups is 1.